The highest BCUT2D eigenvalue weighted by Crippen LogP contribution is 2.28. The van der Waals surface area contributed by atoms with E-state index in [1.54, 1.807) is 40.4 Å². The Balaban J connectivity index is 1.45. The summed E-state index contributed by atoms with van der Waals surface area (Å²) in [5, 5.41) is 11.6. The normalized spacial score (nSPS) is 11.0. The van der Waals surface area contributed by atoms with Crippen LogP contribution in [0.1, 0.15) is 5.56 Å². The van der Waals surface area contributed by atoms with Gasteiger partial charge in [0.2, 0.25) is 0 Å². The number of para-hydroxylation sites is 1. The summed E-state index contributed by atoms with van der Waals surface area (Å²) < 4.78 is 7.19. The third-order valence-corrected chi connectivity index (χ3v) is 5.57. The molecular formula is C22H16Cl2N4O2S. The fraction of sp³-hybridized carbons (Fsp3) is 0.0455. The molecule has 0 aliphatic rings. The van der Waals surface area contributed by atoms with Gasteiger partial charge in [-0.1, -0.05) is 47.5 Å². The fourth-order valence-electron chi connectivity index (χ4n) is 2.74. The predicted octanol–water partition coefficient (Wildman–Crippen LogP) is 5.44. The van der Waals surface area contributed by atoms with E-state index in [1.165, 1.54) is 0 Å². The molecule has 0 spiro atoms. The van der Waals surface area contributed by atoms with Gasteiger partial charge in [-0.25, -0.2) is 10.1 Å². The molecule has 0 atom stereocenters. The van der Waals surface area contributed by atoms with E-state index in [0.717, 1.165) is 21.8 Å². The van der Waals surface area contributed by atoms with E-state index in [9.17, 15) is 4.79 Å². The monoisotopic (exact) mass is 470 g/mol. The molecule has 2 heterocycles. The number of nitrogens with zero attached hydrogens (tertiary/aromatic N) is 3. The number of amides is 1. The quantitative estimate of drug-likeness (QED) is 0.289. The summed E-state index contributed by atoms with van der Waals surface area (Å²) in [5.74, 6) is -0.0512. The van der Waals surface area contributed by atoms with Crippen LogP contribution in [0.25, 0.3) is 16.3 Å². The molecule has 2 aromatic heterocycles. The molecular weight excluding hydrogens is 455 g/mol. The summed E-state index contributed by atoms with van der Waals surface area (Å²) in [6, 6.07) is 18.5. The summed E-state index contributed by atoms with van der Waals surface area (Å²) in [4.78, 5) is 13.1. The van der Waals surface area contributed by atoms with Crippen molar-refractivity contribution in [3.8, 4) is 22.0 Å². The Morgan fingerprint density at radius 3 is 2.74 bits per heavy atom. The molecule has 0 fully saturated rings. The van der Waals surface area contributed by atoms with E-state index < -0.39 is 5.91 Å². The number of carbonyl (C=O) groups is 1. The minimum absolute atomic E-state index is 0.236. The highest BCUT2D eigenvalue weighted by molar-refractivity contribution is 7.13. The van der Waals surface area contributed by atoms with Gasteiger partial charge in [0.15, 0.2) is 6.61 Å². The Bertz CT molecular complexity index is 1210. The maximum atomic E-state index is 12.1. The standard InChI is InChI=1S/C22H16Cl2N4O2S/c23-16-8-9-19(18(24)11-16)30-14-21(29)26-25-12-15-13-28(17-5-2-1-3-6-17)27-22(15)20-7-4-10-31-20/h1-13H,14H2,(H,26,29)/b25-12+. The molecule has 31 heavy (non-hydrogen) atoms. The van der Waals surface area contributed by atoms with Gasteiger partial charge in [-0.2, -0.15) is 10.2 Å². The first-order chi connectivity index (χ1) is 15.1. The van der Waals surface area contributed by atoms with Crippen molar-refractivity contribution >= 4 is 46.7 Å². The third-order valence-electron chi connectivity index (χ3n) is 4.16. The van der Waals surface area contributed by atoms with Crippen LogP contribution in [-0.2, 0) is 4.79 Å². The van der Waals surface area contributed by atoms with E-state index in [2.05, 4.69) is 15.6 Å². The number of aromatic nitrogens is 2. The first kappa shape index (κ1) is 21.1. The van der Waals surface area contributed by atoms with E-state index in [0.29, 0.717) is 15.8 Å². The second kappa shape index (κ2) is 9.78. The molecule has 0 bridgehead atoms. The summed E-state index contributed by atoms with van der Waals surface area (Å²) in [6.45, 7) is -0.236. The molecule has 1 N–H and O–H groups in total. The van der Waals surface area contributed by atoms with Crippen LogP contribution in [0.4, 0.5) is 0 Å². The summed E-state index contributed by atoms with van der Waals surface area (Å²) >= 11 is 13.5. The number of rotatable bonds is 7. The Kier molecular flexibility index (Phi) is 6.66. The Morgan fingerprint density at radius 1 is 1.16 bits per heavy atom. The molecule has 6 nitrogen and oxygen atoms in total. The first-order valence-corrected chi connectivity index (χ1v) is 10.8. The van der Waals surface area contributed by atoms with Crippen molar-refractivity contribution in [3.05, 3.63) is 87.8 Å². The molecule has 0 saturated carbocycles. The lowest BCUT2D eigenvalue weighted by Gasteiger charge is -2.06. The number of thiophene rings is 1. The van der Waals surface area contributed by atoms with Gasteiger partial charge >= 0.3 is 0 Å². The van der Waals surface area contributed by atoms with Crippen molar-refractivity contribution < 1.29 is 9.53 Å². The Morgan fingerprint density at radius 2 is 2.00 bits per heavy atom. The lowest BCUT2D eigenvalue weighted by atomic mass is 10.2. The third kappa shape index (κ3) is 5.32. The Labute approximate surface area is 192 Å². The molecule has 0 radical (unpaired) electrons. The van der Waals surface area contributed by atoms with Gasteiger partial charge in [0, 0.05) is 16.8 Å². The minimum atomic E-state index is -0.421. The molecule has 156 valence electrons. The lowest BCUT2D eigenvalue weighted by molar-refractivity contribution is -0.123. The second-order valence-electron chi connectivity index (χ2n) is 6.35. The number of halogens is 2. The van der Waals surface area contributed by atoms with Crippen LogP contribution < -0.4 is 10.2 Å². The number of hydrogen-bond acceptors (Lipinski definition) is 5. The van der Waals surface area contributed by atoms with Crippen molar-refractivity contribution in [3.63, 3.8) is 0 Å². The summed E-state index contributed by atoms with van der Waals surface area (Å²) in [7, 11) is 0. The van der Waals surface area contributed by atoms with Crippen LogP contribution >= 0.6 is 34.5 Å². The van der Waals surface area contributed by atoms with Crippen molar-refractivity contribution in [2.24, 2.45) is 5.10 Å². The van der Waals surface area contributed by atoms with Crippen LogP contribution in [-0.4, -0.2) is 28.5 Å². The molecule has 0 unspecified atom stereocenters. The van der Waals surface area contributed by atoms with Gasteiger partial charge in [0.05, 0.1) is 21.8 Å². The lowest BCUT2D eigenvalue weighted by Crippen LogP contribution is -2.24. The molecule has 4 rings (SSSR count). The van der Waals surface area contributed by atoms with Crippen LogP contribution in [0, 0.1) is 0 Å². The maximum absolute atomic E-state index is 12.1. The molecule has 0 aliphatic heterocycles. The smallest absolute Gasteiger partial charge is 0.277 e. The van der Waals surface area contributed by atoms with Crippen molar-refractivity contribution in [2.45, 2.75) is 0 Å². The van der Waals surface area contributed by atoms with Crippen LogP contribution in [0.3, 0.4) is 0 Å². The van der Waals surface area contributed by atoms with Crippen LogP contribution in [0.2, 0.25) is 10.0 Å². The van der Waals surface area contributed by atoms with E-state index >= 15 is 0 Å². The molecule has 9 heteroatoms. The van der Waals surface area contributed by atoms with Gasteiger partial charge in [-0.05, 0) is 41.8 Å². The summed E-state index contributed by atoms with van der Waals surface area (Å²) in [5.41, 5.74) is 4.93. The van der Waals surface area contributed by atoms with Crippen molar-refractivity contribution in [1.82, 2.24) is 15.2 Å². The number of carbonyl (C=O) groups excluding carboxylic acids is 1. The highest BCUT2D eigenvalue weighted by atomic mass is 35.5. The predicted molar refractivity (Wildman–Crippen MR) is 125 cm³/mol. The minimum Gasteiger partial charge on any atom is -0.482 e. The van der Waals surface area contributed by atoms with E-state index in [-0.39, 0.29) is 6.61 Å². The largest absolute Gasteiger partial charge is 0.482 e. The van der Waals surface area contributed by atoms with E-state index in [4.69, 9.17) is 27.9 Å². The topological polar surface area (TPSA) is 68.5 Å². The Hall–Kier alpha value is -3.13. The zero-order valence-electron chi connectivity index (χ0n) is 16.0. The zero-order valence-corrected chi connectivity index (χ0v) is 18.4. The van der Waals surface area contributed by atoms with Crippen molar-refractivity contribution in [1.29, 1.82) is 0 Å². The number of hydrazone groups is 1. The van der Waals surface area contributed by atoms with Gasteiger partial charge in [0.1, 0.15) is 11.4 Å². The SMILES string of the molecule is O=C(COc1ccc(Cl)cc1Cl)N/N=C/c1cn(-c2ccccc2)nc1-c1cccs1. The maximum Gasteiger partial charge on any atom is 0.277 e. The number of hydrogen-bond donors (Lipinski definition) is 1. The molecule has 0 aliphatic carbocycles. The molecule has 4 aromatic rings. The first-order valence-electron chi connectivity index (χ1n) is 9.19. The fourth-order valence-corrected chi connectivity index (χ4v) is 3.94. The van der Waals surface area contributed by atoms with Crippen LogP contribution in [0.5, 0.6) is 5.75 Å². The van der Waals surface area contributed by atoms with Gasteiger partial charge in [-0.15, -0.1) is 11.3 Å². The average Bonchev–Trinajstić information content (AvgIpc) is 3.44. The number of ether oxygens (including phenoxy) is 1. The number of benzene rings is 2. The molecule has 2 aromatic carbocycles. The number of nitrogens with one attached hydrogen (secondary N) is 1. The molecule has 1 amide bonds. The van der Waals surface area contributed by atoms with Crippen LogP contribution in [0.15, 0.2) is 77.3 Å². The van der Waals surface area contributed by atoms with Gasteiger partial charge in [-0.3, -0.25) is 4.79 Å². The van der Waals surface area contributed by atoms with E-state index in [1.807, 2.05) is 54.0 Å². The van der Waals surface area contributed by atoms with Crippen molar-refractivity contribution in [2.75, 3.05) is 6.61 Å². The second-order valence-corrected chi connectivity index (χ2v) is 8.14. The average molecular weight is 471 g/mol. The zero-order chi connectivity index (χ0) is 21.6. The highest BCUT2D eigenvalue weighted by Gasteiger charge is 2.12. The molecule has 0 saturated heterocycles. The van der Waals surface area contributed by atoms with Gasteiger partial charge in [0.25, 0.3) is 5.91 Å². The van der Waals surface area contributed by atoms with Gasteiger partial charge < -0.3 is 4.74 Å². The summed E-state index contributed by atoms with van der Waals surface area (Å²) in [6.07, 6.45) is 3.43.